The van der Waals surface area contributed by atoms with Crippen molar-refractivity contribution in [1.82, 2.24) is 9.97 Å². The minimum Gasteiger partial charge on any atom is -0.464 e. The Bertz CT molecular complexity index is 380. The first-order valence-electron chi connectivity index (χ1n) is 4.71. The summed E-state index contributed by atoms with van der Waals surface area (Å²) in [4.78, 5) is 19.5. The van der Waals surface area contributed by atoms with Gasteiger partial charge in [0.2, 0.25) is 0 Å². The number of hydrogen-bond acceptors (Lipinski definition) is 4. The van der Waals surface area contributed by atoms with Crippen LogP contribution in [-0.2, 0) is 11.2 Å². The molecular formula is C10H13ClN2O2. The van der Waals surface area contributed by atoms with E-state index in [4.69, 9.17) is 11.6 Å². The van der Waals surface area contributed by atoms with Crippen LogP contribution in [0, 0.1) is 6.92 Å². The molecule has 0 aromatic carbocycles. The molecule has 0 aliphatic rings. The van der Waals surface area contributed by atoms with Gasteiger partial charge in [-0.25, -0.2) is 9.78 Å². The van der Waals surface area contributed by atoms with E-state index < -0.39 is 5.97 Å². The smallest absolute Gasteiger partial charge is 0.358 e. The maximum atomic E-state index is 11.3. The summed E-state index contributed by atoms with van der Waals surface area (Å²) in [6.07, 6.45) is 1.69. The predicted molar refractivity (Wildman–Crippen MR) is 57.1 cm³/mol. The fraction of sp³-hybridized carbons (Fsp3) is 0.500. The minimum atomic E-state index is -0.509. The second-order valence-electron chi connectivity index (χ2n) is 3.14. The van der Waals surface area contributed by atoms with Crippen LogP contribution in [0.25, 0.3) is 0 Å². The van der Waals surface area contributed by atoms with E-state index >= 15 is 0 Å². The molecule has 0 saturated heterocycles. The van der Waals surface area contributed by atoms with E-state index in [1.165, 1.54) is 7.11 Å². The van der Waals surface area contributed by atoms with Gasteiger partial charge in [0.1, 0.15) is 0 Å². The van der Waals surface area contributed by atoms with Crippen molar-refractivity contribution in [3.05, 3.63) is 22.2 Å². The van der Waals surface area contributed by atoms with Crippen LogP contribution >= 0.6 is 11.6 Å². The number of esters is 1. The van der Waals surface area contributed by atoms with Crippen LogP contribution in [-0.4, -0.2) is 23.0 Å². The topological polar surface area (TPSA) is 52.1 Å². The second kappa shape index (κ2) is 5.07. The van der Waals surface area contributed by atoms with Gasteiger partial charge in [-0.15, -0.1) is 0 Å². The van der Waals surface area contributed by atoms with Gasteiger partial charge in [-0.3, -0.25) is 4.98 Å². The van der Waals surface area contributed by atoms with Crippen molar-refractivity contribution in [2.75, 3.05) is 7.11 Å². The Morgan fingerprint density at radius 3 is 2.67 bits per heavy atom. The molecule has 0 bridgehead atoms. The molecule has 1 aromatic heterocycles. The molecule has 1 aromatic rings. The summed E-state index contributed by atoms with van der Waals surface area (Å²) in [6, 6.07) is 0. The largest absolute Gasteiger partial charge is 0.464 e. The van der Waals surface area contributed by atoms with Gasteiger partial charge < -0.3 is 4.74 Å². The first-order valence-corrected chi connectivity index (χ1v) is 5.09. The Kier molecular flexibility index (Phi) is 4.03. The van der Waals surface area contributed by atoms with E-state index in [2.05, 4.69) is 14.7 Å². The number of hydrogen-bond donors (Lipinski definition) is 0. The molecule has 0 saturated carbocycles. The quantitative estimate of drug-likeness (QED) is 0.744. The maximum Gasteiger partial charge on any atom is 0.358 e. The molecule has 5 heteroatoms. The van der Waals surface area contributed by atoms with Crippen LogP contribution in [0.4, 0.5) is 0 Å². The predicted octanol–water partition coefficient (Wildman–Crippen LogP) is 2.18. The first-order chi connectivity index (χ1) is 7.10. The van der Waals surface area contributed by atoms with Crippen LogP contribution in [0.1, 0.15) is 35.2 Å². The highest BCUT2D eigenvalue weighted by Gasteiger charge is 2.15. The molecule has 4 nitrogen and oxygen atoms in total. The Morgan fingerprint density at radius 1 is 1.47 bits per heavy atom. The Morgan fingerprint density at radius 2 is 2.13 bits per heavy atom. The zero-order chi connectivity index (χ0) is 11.4. The third-order valence-electron chi connectivity index (χ3n) is 1.96. The van der Waals surface area contributed by atoms with E-state index in [1.807, 2.05) is 6.92 Å². The van der Waals surface area contributed by atoms with Crippen LogP contribution in [0.5, 0.6) is 0 Å². The molecule has 0 aliphatic carbocycles. The average Bonchev–Trinajstić information content (AvgIpc) is 2.22. The summed E-state index contributed by atoms with van der Waals surface area (Å²) in [5.74, 6) is -0.509. The number of methoxy groups -OCH3 is 1. The van der Waals surface area contributed by atoms with E-state index in [1.54, 1.807) is 6.92 Å². The third kappa shape index (κ3) is 2.65. The van der Waals surface area contributed by atoms with Gasteiger partial charge in [0.15, 0.2) is 10.8 Å². The van der Waals surface area contributed by atoms with Gasteiger partial charge >= 0.3 is 5.97 Å². The number of aryl methyl sites for hydroxylation is 2. The van der Waals surface area contributed by atoms with Crippen molar-refractivity contribution < 1.29 is 9.53 Å². The van der Waals surface area contributed by atoms with E-state index in [-0.39, 0.29) is 10.8 Å². The lowest BCUT2D eigenvalue weighted by molar-refractivity contribution is 0.0592. The number of carbonyl (C=O) groups excluding carboxylic acids is 1. The molecule has 0 fully saturated rings. The van der Waals surface area contributed by atoms with Gasteiger partial charge in [0, 0.05) is 0 Å². The van der Waals surface area contributed by atoms with Crippen LogP contribution in [0.2, 0.25) is 5.15 Å². The summed E-state index contributed by atoms with van der Waals surface area (Å²) in [5, 5.41) is 0.280. The fourth-order valence-electron chi connectivity index (χ4n) is 1.23. The Hall–Kier alpha value is -1.16. The molecule has 1 rings (SSSR count). The lowest BCUT2D eigenvalue weighted by Crippen LogP contribution is -2.10. The summed E-state index contributed by atoms with van der Waals surface area (Å²) in [7, 11) is 1.30. The summed E-state index contributed by atoms with van der Waals surface area (Å²) >= 11 is 5.90. The number of halogens is 1. The molecule has 0 N–H and O–H groups in total. The fourth-order valence-corrected chi connectivity index (χ4v) is 1.45. The zero-order valence-electron chi connectivity index (χ0n) is 9.00. The van der Waals surface area contributed by atoms with Crippen LogP contribution in [0.3, 0.4) is 0 Å². The van der Waals surface area contributed by atoms with Crippen molar-refractivity contribution in [2.24, 2.45) is 0 Å². The van der Waals surface area contributed by atoms with E-state index in [0.29, 0.717) is 5.69 Å². The Balaban J connectivity index is 3.13. The van der Waals surface area contributed by atoms with Crippen LogP contribution in [0.15, 0.2) is 0 Å². The standard InChI is InChI=1S/C10H13ClN2O2/c1-4-5-7-9(11)13-8(6(2)12-7)10(14)15-3/h4-5H2,1-3H3. The number of rotatable bonds is 3. The molecular weight excluding hydrogens is 216 g/mol. The highest BCUT2D eigenvalue weighted by atomic mass is 35.5. The van der Waals surface area contributed by atoms with Crippen molar-refractivity contribution in [1.29, 1.82) is 0 Å². The van der Waals surface area contributed by atoms with Gasteiger partial charge in [-0.2, -0.15) is 0 Å². The van der Waals surface area contributed by atoms with Crippen molar-refractivity contribution in [3.63, 3.8) is 0 Å². The zero-order valence-corrected chi connectivity index (χ0v) is 9.76. The van der Waals surface area contributed by atoms with Gasteiger partial charge in [-0.1, -0.05) is 24.9 Å². The minimum absolute atomic E-state index is 0.183. The average molecular weight is 229 g/mol. The summed E-state index contributed by atoms with van der Waals surface area (Å²) in [5.41, 5.74) is 1.46. The monoisotopic (exact) mass is 228 g/mol. The van der Waals surface area contributed by atoms with E-state index in [9.17, 15) is 4.79 Å². The number of carbonyl (C=O) groups is 1. The second-order valence-corrected chi connectivity index (χ2v) is 3.49. The first kappa shape index (κ1) is 11.9. The molecule has 0 spiro atoms. The molecule has 0 amide bonds. The van der Waals surface area contributed by atoms with Gasteiger partial charge in [0.05, 0.1) is 18.5 Å². The van der Waals surface area contributed by atoms with E-state index in [0.717, 1.165) is 18.5 Å². The lowest BCUT2D eigenvalue weighted by atomic mass is 10.2. The molecule has 0 unspecified atom stereocenters. The van der Waals surface area contributed by atoms with Crippen LogP contribution < -0.4 is 0 Å². The van der Waals surface area contributed by atoms with Gasteiger partial charge in [-0.05, 0) is 13.3 Å². The third-order valence-corrected chi connectivity index (χ3v) is 2.26. The number of nitrogens with zero attached hydrogens (tertiary/aromatic N) is 2. The molecule has 1 heterocycles. The molecule has 0 radical (unpaired) electrons. The molecule has 15 heavy (non-hydrogen) atoms. The molecule has 0 aliphatic heterocycles. The number of ether oxygens (including phenoxy) is 1. The van der Waals surface area contributed by atoms with Gasteiger partial charge in [0.25, 0.3) is 0 Å². The Labute approximate surface area is 93.6 Å². The van der Waals surface area contributed by atoms with Crippen molar-refractivity contribution >= 4 is 17.6 Å². The van der Waals surface area contributed by atoms with Crippen molar-refractivity contribution in [3.8, 4) is 0 Å². The van der Waals surface area contributed by atoms with Crippen molar-refractivity contribution in [2.45, 2.75) is 26.7 Å². The number of aromatic nitrogens is 2. The molecule has 0 atom stereocenters. The highest BCUT2D eigenvalue weighted by molar-refractivity contribution is 6.30. The summed E-state index contributed by atoms with van der Waals surface area (Å²) in [6.45, 7) is 3.75. The summed E-state index contributed by atoms with van der Waals surface area (Å²) < 4.78 is 4.57. The highest BCUT2D eigenvalue weighted by Crippen LogP contribution is 2.15. The normalized spacial score (nSPS) is 10.1. The molecule has 82 valence electrons. The maximum absolute atomic E-state index is 11.3. The lowest BCUT2D eigenvalue weighted by Gasteiger charge is -2.06. The SMILES string of the molecule is CCCc1nc(C)c(C(=O)OC)nc1Cl.